The number of sulfonamides is 1. The summed E-state index contributed by atoms with van der Waals surface area (Å²) in [6, 6.07) is 13.0. The zero-order valence-electron chi connectivity index (χ0n) is 12.5. The van der Waals surface area contributed by atoms with Crippen molar-refractivity contribution in [3.05, 3.63) is 53.6 Å². The van der Waals surface area contributed by atoms with Crippen molar-refractivity contribution < 1.29 is 13.2 Å². The van der Waals surface area contributed by atoms with E-state index in [0.717, 1.165) is 12.8 Å². The molecule has 0 saturated heterocycles. The quantitative estimate of drug-likeness (QED) is 0.865. The van der Waals surface area contributed by atoms with Crippen molar-refractivity contribution in [1.29, 1.82) is 0 Å². The van der Waals surface area contributed by atoms with E-state index in [0.29, 0.717) is 16.5 Å². The van der Waals surface area contributed by atoms with Crippen molar-refractivity contribution in [2.75, 3.05) is 4.72 Å². The Morgan fingerprint density at radius 2 is 1.57 bits per heavy atom. The van der Waals surface area contributed by atoms with Gasteiger partial charge in [-0.1, -0.05) is 11.6 Å². The van der Waals surface area contributed by atoms with Gasteiger partial charge in [0.05, 0.1) is 11.0 Å². The summed E-state index contributed by atoms with van der Waals surface area (Å²) in [7, 11) is -3.62. The van der Waals surface area contributed by atoms with E-state index in [2.05, 4.69) is 4.72 Å². The van der Waals surface area contributed by atoms with E-state index in [-0.39, 0.29) is 11.0 Å². The zero-order valence-corrected chi connectivity index (χ0v) is 14.1. The number of anilines is 1. The van der Waals surface area contributed by atoms with Crippen LogP contribution < -0.4 is 9.46 Å². The summed E-state index contributed by atoms with van der Waals surface area (Å²) in [6.07, 6.45) is 4.78. The van der Waals surface area contributed by atoms with Gasteiger partial charge in [0.2, 0.25) is 0 Å². The highest BCUT2D eigenvalue weighted by molar-refractivity contribution is 7.92. The Hall–Kier alpha value is -1.72. The Morgan fingerprint density at radius 3 is 2.17 bits per heavy atom. The van der Waals surface area contributed by atoms with Gasteiger partial charge in [-0.2, -0.15) is 0 Å². The molecule has 122 valence electrons. The van der Waals surface area contributed by atoms with Crippen LogP contribution in [0.2, 0.25) is 5.02 Å². The number of hydrogen-bond acceptors (Lipinski definition) is 3. The maximum atomic E-state index is 12.4. The molecule has 4 nitrogen and oxygen atoms in total. The van der Waals surface area contributed by atoms with Gasteiger partial charge < -0.3 is 4.74 Å². The first-order valence-corrected chi connectivity index (χ1v) is 9.44. The van der Waals surface area contributed by atoms with Crippen molar-refractivity contribution in [3.63, 3.8) is 0 Å². The average molecular weight is 352 g/mol. The zero-order chi connectivity index (χ0) is 16.3. The van der Waals surface area contributed by atoms with Crippen LogP contribution in [0.4, 0.5) is 5.69 Å². The number of hydrogen-bond donors (Lipinski definition) is 1. The largest absolute Gasteiger partial charge is 0.490 e. The van der Waals surface area contributed by atoms with E-state index < -0.39 is 10.0 Å². The molecule has 2 aromatic rings. The average Bonchev–Trinajstić information content (AvgIpc) is 3.03. The summed E-state index contributed by atoms with van der Waals surface area (Å²) in [6.45, 7) is 0. The Morgan fingerprint density at radius 1 is 0.957 bits per heavy atom. The van der Waals surface area contributed by atoms with Crippen LogP contribution >= 0.6 is 11.6 Å². The first-order valence-electron chi connectivity index (χ1n) is 7.58. The van der Waals surface area contributed by atoms with Crippen molar-refractivity contribution in [2.24, 2.45) is 0 Å². The Kier molecular flexibility index (Phi) is 4.78. The molecule has 23 heavy (non-hydrogen) atoms. The van der Waals surface area contributed by atoms with Gasteiger partial charge in [-0.3, -0.25) is 4.72 Å². The maximum Gasteiger partial charge on any atom is 0.261 e. The summed E-state index contributed by atoms with van der Waals surface area (Å²) in [4.78, 5) is 0.200. The second-order valence-electron chi connectivity index (χ2n) is 5.61. The molecule has 1 saturated carbocycles. The Bertz CT molecular complexity index is 751. The second-order valence-corrected chi connectivity index (χ2v) is 7.73. The lowest BCUT2D eigenvalue weighted by Gasteiger charge is -2.13. The van der Waals surface area contributed by atoms with E-state index in [1.165, 1.54) is 12.8 Å². The summed E-state index contributed by atoms with van der Waals surface area (Å²) < 4.78 is 33.1. The number of rotatable bonds is 5. The summed E-state index contributed by atoms with van der Waals surface area (Å²) in [5, 5.41) is 0.557. The minimum Gasteiger partial charge on any atom is -0.490 e. The molecule has 1 fully saturated rings. The molecule has 0 aliphatic heterocycles. The van der Waals surface area contributed by atoms with E-state index >= 15 is 0 Å². The molecule has 0 radical (unpaired) electrons. The van der Waals surface area contributed by atoms with Gasteiger partial charge in [0, 0.05) is 10.7 Å². The van der Waals surface area contributed by atoms with Crippen LogP contribution in [0.25, 0.3) is 0 Å². The Labute approximate surface area is 141 Å². The molecular weight excluding hydrogens is 334 g/mol. The van der Waals surface area contributed by atoms with Gasteiger partial charge in [-0.15, -0.1) is 0 Å². The highest BCUT2D eigenvalue weighted by Gasteiger charge is 2.18. The number of halogens is 1. The molecule has 2 aromatic carbocycles. The SMILES string of the molecule is O=S(=O)(Nc1ccc(Cl)cc1)c1ccc(OC2CCCC2)cc1. The number of benzene rings is 2. The van der Waals surface area contributed by atoms with Crippen LogP contribution in [0.15, 0.2) is 53.4 Å². The molecule has 0 atom stereocenters. The molecular formula is C17H18ClNO3S. The summed E-state index contributed by atoms with van der Waals surface area (Å²) in [5.74, 6) is 0.711. The third-order valence-electron chi connectivity index (χ3n) is 3.84. The van der Waals surface area contributed by atoms with Crippen LogP contribution in [0.5, 0.6) is 5.75 Å². The fourth-order valence-electron chi connectivity index (χ4n) is 2.63. The second kappa shape index (κ2) is 6.81. The van der Waals surface area contributed by atoms with Crippen LogP contribution in [0.1, 0.15) is 25.7 Å². The maximum absolute atomic E-state index is 12.4. The van der Waals surface area contributed by atoms with Crippen LogP contribution in [0.3, 0.4) is 0 Å². The predicted octanol–water partition coefficient (Wildman–Crippen LogP) is 4.46. The molecule has 6 heteroatoms. The van der Waals surface area contributed by atoms with Gasteiger partial charge in [0.1, 0.15) is 5.75 Å². The third-order valence-corrected chi connectivity index (χ3v) is 5.48. The van der Waals surface area contributed by atoms with Crippen molar-refractivity contribution in [1.82, 2.24) is 0 Å². The van der Waals surface area contributed by atoms with Crippen LogP contribution in [-0.2, 0) is 10.0 Å². The van der Waals surface area contributed by atoms with E-state index in [9.17, 15) is 8.42 Å². The van der Waals surface area contributed by atoms with E-state index in [1.54, 1.807) is 48.5 Å². The molecule has 0 aromatic heterocycles. The third kappa shape index (κ3) is 4.18. The van der Waals surface area contributed by atoms with Gasteiger partial charge in [-0.05, 0) is 74.2 Å². The van der Waals surface area contributed by atoms with Crippen molar-refractivity contribution in [2.45, 2.75) is 36.7 Å². The van der Waals surface area contributed by atoms with Crippen molar-refractivity contribution >= 4 is 27.3 Å². The first kappa shape index (κ1) is 16.1. The lowest BCUT2D eigenvalue weighted by atomic mass is 10.3. The fraction of sp³-hybridized carbons (Fsp3) is 0.294. The predicted molar refractivity (Wildman–Crippen MR) is 91.6 cm³/mol. The first-order chi connectivity index (χ1) is 11.0. The molecule has 0 amide bonds. The molecule has 1 aliphatic rings. The van der Waals surface area contributed by atoms with Gasteiger partial charge in [-0.25, -0.2) is 8.42 Å². The molecule has 1 aliphatic carbocycles. The minimum absolute atomic E-state index is 0.200. The highest BCUT2D eigenvalue weighted by atomic mass is 35.5. The summed E-state index contributed by atoms with van der Waals surface area (Å²) in [5.41, 5.74) is 0.473. The summed E-state index contributed by atoms with van der Waals surface area (Å²) >= 11 is 5.80. The van der Waals surface area contributed by atoms with E-state index in [4.69, 9.17) is 16.3 Å². The molecule has 0 heterocycles. The van der Waals surface area contributed by atoms with Crippen LogP contribution in [-0.4, -0.2) is 14.5 Å². The molecule has 0 bridgehead atoms. The monoisotopic (exact) mass is 351 g/mol. The van der Waals surface area contributed by atoms with Gasteiger partial charge in [0.15, 0.2) is 0 Å². The lowest BCUT2D eigenvalue weighted by Crippen LogP contribution is -2.13. The smallest absolute Gasteiger partial charge is 0.261 e. The molecule has 0 unspecified atom stereocenters. The normalized spacial score (nSPS) is 15.5. The fourth-order valence-corrected chi connectivity index (χ4v) is 3.81. The van der Waals surface area contributed by atoms with Crippen molar-refractivity contribution in [3.8, 4) is 5.75 Å². The van der Waals surface area contributed by atoms with E-state index in [1.807, 2.05) is 0 Å². The minimum atomic E-state index is -3.62. The standard InChI is InChI=1S/C17H18ClNO3S/c18-13-5-7-14(8-6-13)19-23(20,21)17-11-9-16(10-12-17)22-15-3-1-2-4-15/h5-12,15,19H,1-4H2. The molecule has 0 spiro atoms. The number of ether oxygens (including phenoxy) is 1. The Balaban J connectivity index is 1.70. The van der Waals surface area contributed by atoms with Crippen LogP contribution in [0, 0.1) is 0 Å². The topological polar surface area (TPSA) is 55.4 Å². The number of nitrogens with one attached hydrogen (secondary N) is 1. The molecule has 1 N–H and O–H groups in total. The highest BCUT2D eigenvalue weighted by Crippen LogP contribution is 2.25. The van der Waals surface area contributed by atoms with Gasteiger partial charge in [0.25, 0.3) is 10.0 Å². The van der Waals surface area contributed by atoms with Gasteiger partial charge >= 0.3 is 0 Å². The molecule has 3 rings (SSSR count). The lowest BCUT2D eigenvalue weighted by molar-refractivity contribution is 0.210.